The number of amides is 1. The first-order chi connectivity index (χ1) is 12.6. The highest BCUT2D eigenvalue weighted by molar-refractivity contribution is 6.10. The van der Waals surface area contributed by atoms with Gasteiger partial charge in [0, 0.05) is 24.1 Å². The first kappa shape index (κ1) is 21.1. The van der Waals surface area contributed by atoms with Gasteiger partial charge in [-0.3, -0.25) is 9.59 Å². The van der Waals surface area contributed by atoms with Gasteiger partial charge < -0.3 is 14.9 Å². The highest BCUT2D eigenvalue weighted by Gasteiger charge is 2.46. The van der Waals surface area contributed by atoms with Crippen LogP contribution >= 0.6 is 0 Å². The second-order valence-corrected chi connectivity index (χ2v) is 7.79. The number of rotatable bonds is 7. The van der Waals surface area contributed by atoms with E-state index < -0.39 is 28.9 Å². The normalized spacial score (nSPS) is 18.0. The van der Waals surface area contributed by atoms with Crippen molar-refractivity contribution < 1.29 is 19.1 Å². The molecule has 27 heavy (non-hydrogen) atoms. The summed E-state index contributed by atoms with van der Waals surface area (Å²) in [5, 5.41) is 10.5. The van der Waals surface area contributed by atoms with Crippen LogP contribution in [0.5, 0.6) is 0 Å². The quantitative estimate of drug-likeness (QED) is 0.791. The van der Waals surface area contributed by atoms with E-state index in [4.69, 9.17) is 0 Å². The van der Waals surface area contributed by atoms with E-state index in [9.17, 15) is 19.1 Å². The molecule has 0 saturated carbocycles. The summed E-state index contributed by atoms with van der Waals surface area (Å²) in [7, 11) is 0. The molecule has 1 aromatic rings. The zero-order valence-electron chi connectivity index (χ0n) is 16.8. The highest BCUT2D eigenvalue weighted by atomic mass is 19.1. The number of aliphatic hydroxyl groups is 1. The number of ketones is 1. The Labute approximate surface area is 160 Å². The predicted molar refractivity (Wildman–Crippen MR) is 103 cm³/mol. The number of nitrogens with zero attached hydrogens (tertiary/aromatic N) is 2. The van der Waals surface area contributed by atoms with E-state index in [2.05, 4.69) is 4.90 Å². The Morgan fingerprint density at radius 2 is 1.81 bits per heavy atom. The van der Waals surface area contributed by atoms with E-state index in [0.717, 1.165) is 13.1 Å². The standard InChI is InChI=1S/C21H29FN2O3/c1-6-23(7-2)12-13-24-17(14-10-8-9-11-15(14)22)16(18(25)20(24)27)19(26)21(3,4)5/h8-11,17,25H,6-7,12-13H2,1-5H3. The molecule has 1 N–H and O–H groups in total. The summed E-state index contributed by atoms with van der Waals surface area (Å²) in [6.45, 7) is 11.7. The van der Waals surface area contributed by atoms with Crippen molar-refractivity contribution in [3.05, 3.63) is 47.0 Å². The molecular weight excluding hydrogens is 347 g/mol. The zero-order valence-corrected chi connectivity index (χ0v) is 16.8. The van der Waals surface area contributed by atoms with Gasteiger partial charge in [-0.25, -0.2) is 4.39 Å². The molecule has 0 fully saturated rings. The number of halogens is 1. The number of carbonyl (C=O) groups excluding carboxylic acids is 2. The lowest BCUT2D eigenvalue weighted by atomic mass is 9.82. The Bertz CT molecular complexity index is 748. The molecule has 1 aliphatic heterocycles. The number of aliphatic hydroxyl groups excluding tert-OH is 1. The molecule has 0 saturated heterocycles. The second-order valence-electron chi connectivity index (χ2n) is 7.79. The van der Waals surface area contributed by atoms with Crippen molar-refractivity contribution >= 4 is 11.7 Å². The van der Waals surface area contributed by atoms with E-state index in [1.165, 1.54) is 11.0 Å². The van der Waals surface area contributed by atoms with Crippen LogP contribution in [0.1, 0.15) is 46.2 Å². The number of likely N-dealkylation sites (N-methyl/N-ethyl adjacent to an activating group) is 1. The van der Waals surface area contributed by atoms with Crippen LogP contribution in [-0.2, 0) is 9.59 Å². The number of benzene rings is 1. The Morgan fingerprint density at radius 3 is 2.33 bits per heavy atom. The largest absolute Gasteiger partial charge is 0.503 e. The van der Waals surface area contributed by atoms with Gasteiger partial charge in [0.15, 0.2) is 11.5 Å². The molecule has 1 aromatic carbocycles. The monoisotopic (exact) mass is 376 g/mol. The van der Waals surface area contributed by atoms with E-state index in [0.29, 0.717) is 13.1 Å². The summed E-state index contributed by atoms with van der Waals surface area (Å²) in [6, 6.07) is 5.18. The first-order valence-electron chi connectivity index (χ1n) is 9.39. The van der Waals surface area contributed by atoms with Crippen molar-refractivity contribution in [2.24, 2.45) is 5.41 Å². The fraction of sp³-hybridized carbons (Fsp3) is 0.524. The van der Waals surface area contributed by atoms with Crippen molar-refractivity contribution in [2.75, 3.05) is 26.2 Å². The van der Waals surface area contributed by atoms with Crippen molar-refractivity contribution in [3.8, 4) is 0 Å². The van der Waals surface area contributed by atoms with Gasteiger partial charge in [-0.15, -0.1) is 0 Å². The Kier molecular flexibility index (Phi) is 6.42. The lowest BCUT2D eigenvalue weighted by Crippen LogP contribution is -2.39. The average Bonchev–Trinajstić information content (AvgIpc) is 2.86. The van der Waals surface area contributed by atoms with Gasteiger partial charge in [0.05, 0.1) is 11.6 Å². The second kappa shape index (κ2) is 8.21. The summed E-state index contributed by atoms with van der Waals surface area (Å²) in [5.41, 5.74) is -0.596. The van der Waals surface area contributed by atoms with Crippen LogP contribution in [-0.4, -0.2) is 52.8 Å². The minimum absolute atomic E-state index is 0.0165. The third-order valence-electron chi connectivity index (χ3n) is 4.98. The Hall–Kier alpha value is -2.21. The van der Waals surface area contributed by atoms with Gasteiger partial charge >= 0.3 is 0 Å². The molecule has 1 aliphatic rings. The van der Waals surface area contributed by atoms with Gasteiger partial charge in [-0.2, -0.15) is 0 Å². The topological polar surface area (TPSA) is 60.9 Å². The fourth-order valence-electron chi connectivity index (χ4n) is 3.33. The maximum absolute atomic E-state index is 14.6. The van der Waals surface area contributed by atoms with Crippen molar-refractivity contribution in [3.63, 3.8) is 0 Å². The van der Waals surface area contributed by atoms with Gasteiger partial charge in [-0.1, -0.05) is 52.8 Å². The predicted octanol–water partition coefficient (Wildman–Crippen LogP) is 3.48. The number of carbonyl (C=O) groups is 2. The van der Waals surface area contributed by atoms with Crippen LogP contribution in [0.2, 0.25) is 0 Å². The average molecular weight is 376 g/mol. The van der Waals surface area contributed by atoms with Crippen LogP contribution in [0, 0.1) is 11.2 Å². The maximum Gasteiger partial charge on any atom is 0.290 e. The lowest BCUT2D eigenvalue weighted by Gasteiger charge is -2.30. The van der Waals surface area contributed by atoms with E-state index in [1.54, 1.807) is 39.0 Å². The molecule has 1 atom stereocenters. The minimum Gasteiger partial charge on any atom is -0.503 e. The van der Waals surface area contributed by atoms with Crippen LogP contribution in [0.25, 0.3) is 0 Å². The molecule has 0 bridgehead atoms. The molecule has 0 spiro atoms. The van der Waals surface area contributed by atoms with Crippen molar-refractivity contribution in [2.45, 2.75) is 40.7 Å². The van der Waals surface area contributed by atoms with E-state index in [-0.39, 0.29) is 16.9 Å². The summed E-state index contributed by atoms with van der Waals surface area (Å²) < 4.78 is 14.6. The molecule has 0 radical (unpaired) electrons. The van der Waals surface area contributed by atoms with Crippen LogP contribution in [0.15, 0.2) is 35.6 Å². The highest BCUT2D eigenvalue weighted by Crippen LogP contribution is 2.41. The Morgan fingerprint density at radius 1 is 1.22 bits per heavy atom. The van der Waals surface area contributed by atoms with Gasteiger partial charge in [0.1, 0.15) is 5.82 Å². The lowest BCUT2D eigenvalue weighted by molar-refractivity contribution is -0.129. The molecule has 1 heterocycles. The Balaban J connectivity index is 2.50. The molecule has 2 rings (SSSR count). The molecule has 6 heteroatoms. The SMILES string of the molecule is CCN(CC)CCN1C(=O)C(O)=C(C(=O)C(C)(C)C)C1c1ccccc1F. The van der Waals surface area contributed by atoms with Gasteiger partial charge in [0.25, 0.3) is 5.91 Å². The molecule has 5 nitrogen and oxygen atoms in total. The van der Waals surface area contributed by atoms with Crippen LogP contribution in [0.3, 0.4) is 0 Å². The van der Waals surface area contributed by atoms with Gasteiger partial charge in [-0.05, 0) is 19.2 Å². The van der Waals surface area contributed by atoms with E-state index >= 15 is 0 Å². The summed E-state index contributed by atoms with van der Waals surface area (Å²) >= 11 is 0. The molecule has 148 valence electrons. The molecular formula is C21H29FN2O3. The maximum atomic E-state index is 14.6. The third kappa shape index (κ3) is 4.21. The van der Waals surface area contributed by atoms with E-state index in [1.807, 2.05) is 13.8 Å². The fourth-order valence-corrected chi connectivity index (χ4v) is 3.33. The number of Topliss-reactive ketones (excluding diaryl/α,β-unsaturated/α-hetero) is 1. The first-order valence-corrected chi connectivity index (χ1v) is 9.39. The zero-order chi connectivity index (χ0) is 20.4. The third-order valence-corrected chi connectivity index (χ3v) is 4.98. The van der Waals surface area contributed by atoms with Crippen molar-refractivity contribution in [1.82, 2.24) is 9.80 Å². The molecule has 1 amide bonds. The minimum atomic E-state index is -0.916. The molecule has 0 aromatic heterocycles. The number of hydrogen-bond donors (Lipinski definition) is 1. The summed E-state index contributed by atoms with van der Waals surface area (Å²) in [4.78, 5) is 29.3. The molecule has 0 aliphatic carbocycles. The van der Waals surface area contributed by atoms with Gasteiger partial charge in [0.2, 0.25) is 0 Å². The van der Waals surface area contributed by atoms with Crippen molar-refractivity contribution in [1.29, 1.82) is 0 Å². The summed E-state index contributed by atoms with van der Waals surface area (Å²) in [5.74, 6) is -2.05. The number of hydrogen-bond acceptors (Lipinski definition) is 4. The smallest absolute Gasteiger partial charge is 0.290 e. The van der Waals surface area contributed by atoms with Crippen LogP contribution in [0.4, 0.5) is 4.39 Å². The van der Waals surface area contributed by atoms with Crippen LogP contribution < -0.4 is 0 Å². The summed E-state index contributed by atoms with van der Waals surface area (Å²) in [6.07, 6.45) is 0. The molecule has 1 unspecified atom stereocenters.